The number of carbonyl (C=O) groups is 4. The van der Waals surface area contributed by atoms with E-state index in [4.69, 9.17) is 5.11 Å². The van der Waals surface area contributed by atoms with Crippen molar-refractivity contribution in [3.05, 3.63) is 0 Å². The van der Waals surface area contributed by atoms with Gasteiger partial charge in [0.1, 0.15) is 0 Å². The Morgan fingerprint density at radius 3 is 1.23 bits per heavy atom. The summed E-state index contributed by atoms with van der Waals surface area (Å²) in [6, 6.07) is 0. The molecule has 0 aromatic heterocycles. The van der Waals surface area contributed by atoms with Gasteiger partial charge in [-0.25, -0.2) is 0 Å². The first-order valence-corrected chi connectivity index (χ1v) is 5.46. The topological polar surface area (TPSA) is 164 Å². The van der Waals surface area contributed by atoms with Crippen LogP contribution in [0.4, 0.5) is 0 Å². The molecular weight excluding hydrogens is 358 g/mol. The van der Waals surface area contributed by atoms with E-state index in [-0.39, 0.29) is 59.1 Å². The monoisotopic (exact) mass is 370 g/mol. The zero-order valence-corrected chi connectivity index (χ0v) is 14.7. The minimum absolute atomic E-state index is 0. The maximum atomic E-state index is 10.5. The van der Waals surface area contributed by atoms with E-state index in [1.165, 1.54) is 0 Å². The summed E-state index contributed by atoms with van der Waals surface area (Å²) in [7, 11) is 0. The van der Waals surface area contributed by atoms with Crippen LogP contribution in [-0.2, 0) is 35.7 Å². The van der Waals surface area contributed by atoms with E-state index in [9.17, 15) is 34.5 Å². The Labute approximate surface area is 158 Å². The molecule has 0 saturated carbocycles. The molecule has 0 saturated heterocycles. The van der Waals surface area contributed by atoms with Gasteiger partial charge in [-0.3, -0.25) is 14.6 Å². The largest absolute Gasteiger partial charge is 2.00 e. The van der Waals surface area contributed by atoms with Crippen LogP contribution in [0.5, 0.6) is 0 Å². The SMILES string of the molecule is O=C([O-])CN(CCN(CC(=O)[O-])CC(=O)O)CC(=O)[O-].[Na+].[Ni+2]. The number of rotatable bonds is 11. The number of carbonyl (C=O) groups excluding carboxylic acids is 3. The molecule has 0 aromatic rings. The molecule has 122 valence electrons. The third-order valence-corrected chi connectivity index (χ3v) is 2.15. The molecule has 0 bridgehead atoms. The van der Waals surface area contributed by atoms with Gasteiger partial charge >= 0.3 is 52.0 Å². The molecular formula is C10H13N2NaNiO8. The average Bonchev–Trinajstić information content (AvgIpc) is 2.22. The van der Waals surface area contributed by atoms with E-state index < -0.39 is 50.1 Å². The summed E-state index contributed by atoms with van der Waals surface area (Å²) in [5.41, 5.74) is 0. The minimum Gasteiger partial charge on any atom is -0.549 e. The Morgan fingerprint density at radius 1 is 0.727 bits per heavy atom. The summed E-state index contributed by atoms with van der Waals surface area (Å²) in [5, 5.41) is 39.8. The molecule has 0 aliphatic carbocycles. The van der Waals surface area contributed by atoms with Gasteiger partial charge in [-0.05, 0) is 0 Å². The summed E-state index contributed by atoms with van der Waals surface area (Å²) < 4.78 is 0. The number of aliphatic carboxylic acids is 4. The van der Waals surface area contributed by atoms with E-state index in [0.717, 1.165) is 9.80 Å². The van der Waals surface area contributed by atoms with Crippen LogP contribution in [0, 0.1) is 0 Å². The molecule has 0 radical (unpaired) electrons. The predicted octanol–water partition coefficient (Wildman–Crippen LogP) is -9.07. The Morgan fingerprint density at radius 2 is 1.00 bits per heavy atom. The molecule has 0 spiro atoms. The van der Waals surface area contributed by atoms with Crippen LogP contribution < -0.4 is 44.9 Å². The zero-order valence-electron chi connectivity index (χ0n) is 11.8. The molecule has 0 rings (SSSR count). The zero-order chi connectivity index (χ0) is 15.7. The van der Waals surface area contributed by atoms with Gasteiger partial charge in [0.05, 0.1) is 24.5 Å². The fourth-order valence-electron chi connectivity index (χ4n) is 1.45. The van der Waals surface area contributed by atoms with Crippen LogP contribution >= 0.6 is 0 Å². The number of carboxylic acid groups (broad SMARTS) is 4. The van der Waals surface area contributed by atoms with Crippen molar-refractivity contribution in [1.82, 2.24) is 9.80 Å². The second kappa shape index (κ2) is 13.9. The van der Waals surface area contributed by atoms with E-state index >= 15 is 0 Å². The van der Waals surface area contributed by atoms with Gasteiger partial charge < -0.3 is 34.8 Å². The first-order chi connectivity index (χ1) is 9.20. The van der Waals surface area contributed by atoms with Crippen LogP contribution in [0.2, 0.25) is 0 Å². The molecule has 0 aliphatic heterocycles. The molecule has 0 unspecified atom stereocenters. The fraction of sp³-hybridized carbons (Fsp3) is 0.600. The molecule has 0 atom stereocenters. The first-order valence-electron chi connectivity index (χ1n) is 5.46. The van der Waals surface area contributed by atoms with E-state index in [0.29, 0.717) is 0 Å². The maximum absolute atomic E-state index is 10.5. The molecule has 1 N–H and O–H groups in total. The van der Waals surface area contributed by atoms with Crippen molar-refractivity contribution in [3.63, 3.8) is 0 Å². The van der Waals surface area contributed by atoms with Gasteiger partial charge in [-0.1, -0.05) is 0 Å². The fourth-order valence-corrected chi connectivity index (χ4v) is 1.45. The van der Waals surface area contributed by atoms with Crippen molar-refractivity contribution in [1.29, 1.82) is 0 Å². The summed E-state index contributed by atoms with van der Waals surface area (Å²) in [4.78, 5) is 43.7. The molecule has 0 fully saturated rings. The average molecular weight is 371 g/mol. The molecule has 12 heteroatoms. The van der Waals surface area contributed by atoms with Crippen LogP contribution in [0.15, 0.2) is 0 Å². The Kier molecular flexibility index (Phi) is 16.6. The van der Waals surface area contributed by atoms with Crippen molar-refractivity contribution in [2.45, 2.75) is 0 Å². The van der Waals surface area contributed by atoms with Crippen LogP contribution in [0.25, 0.3) is 0 Å². The number of nitrogens with zero attached hydrogens (tertiary/aromatic N) is 2. The molecule has 0 amide bonds. The summed E-state index contributed by atoms with van der Waals surface area (Å²) in [6.07, 6.45) is 0. The third-order valence-electron chi connectivity index (χ3n) is 2.15. The van der Waals surface area contributed by atoms with Crippen molar-refractivity contribution in [3.8, 4) is 0 Å². The van der Waals surface area contributed by atoms with Crippen molar-refractivity contribution < 1.29 is 85.7 Å². The summed E-state index contributed by atoms with van der Waals surface area (Å²) in [5.74, 6) is -5.82. The second-order valence-corrected chi connectivity index (χ2v) is 3.93. The second-order valence-electron chi connectivity index (χ2n) is 3.93. The molecule has 0 aromatic carbocycles. The minimum atomic E-state index is -1.52. The van der Waals surface area contributed by atoms with Gasteiger partial charge in [-0.15, -0.1) is 0 Å². The molecule has 0 heterocycles. The van der Waals surface area contributed by atoms with Gasteiger partial charge in [0.25, 0.3) is 0 Å². The van der Waals surface area contributed by atoms with Gasteiger partial charge in [-0.2, -0.15) is 0 Å². The smallest absolute Gasteiger partial charge is 0.549 e. The van der Waals surface area contributed by atoms with Crippen molar-refractivity contribution >= 4 is 23.9 Å². The van der Waals surface area contributed by atoms with Crippen molar-refractivity contribution in [2.24, 2.45) is 0 Å². The Bertz CT molecular complexity index is 327. The standard InChI is InChI=1S/C10H16N2O8.Na.Ni/c13-7(14)3-11(4-8(15)16)1-2-12(5-9(17)18)6-10(19)20;;/h1-6H2,(H,13,14)(H,15,16)(H,17,18)(H,19,20);;/q;+1;+2/p-3. The normalized spacial score (nSPS) is 9.73. The number of hydrogen-bond acceptors (Lipinski definition) is 9. The number of hydrogen-bond donors (Lipinski definition) is 1. The van der Waals surface area contributed by atoms with E-state index in [1.807, 2.05) is 0 Å². The predicted molar refractivity (Wildman–Crippen MR) is 55.5 cm³/mol. The van der Waals surface area contributed by atoms with Crippen LogP contribution in [0.1, 0.15) is 0 Å². The van der Waals surface area contributed by atoms with Gasteiger partial charge in [0.15, 0.2) is 0 Å². The van der Waals surface area contributed by atoms with E-state index in [1.54, 1.807) is 0 Å². The molecule has 22 heavy (non-hydrogen) atoms. The van der Waals surface area contributed by atoms with E-state index in [2.05, 4.69) is 0 Å². The van der Waals surface area contributed by atoms with Gasteiger partial charge in [0, 0.05) is 32.7 Å². The molecule has 0 aliphatic rings. The first kappa shape index (κ1) is 26.2. The summed E-state index contributed by atoms with van der Waals surface area (Å²) in [6.45, 7) is -3.00. The summed E-state index contributed by atoms with van der Waals surface area (Å²) >= 11 is 0. The quantitative estimate of drug-likeness (QED) is 0.345. The van der Waals surface area contributed by atoms with Gasteiger partial charge in [0.2, 0.25) is 0 Å². The Hall–Kier alpha value is -0.706. The van der Waals surface area contributed by atoms with Crippen molar-refractivity contribution in [2.75, 3.05) is 39.3 Å². The van der Waals surface area contributed by atoms with Crippen LogP contribution in [0.3, 0.4) is 0 Å². The molecule has 10 nitrogen and oxygen atoms in total. The number of carboxylic acids is 4. The maximum Gasteiger partial charge on any atom is 2.00 e. The van der Waals surface area contributed by atoms with Crippen LogP contribution in [-0.4, -0.2) is 78.1 Å². The Balaban J connectivity index is -0.00000180. The third kappa shape index (κ3) is 15.7.